The molecule has 3 rings (SSSR count). The third-order valence-corrected chi connectivity index (χ3v) is 6.86. The SMILES string of the molecule is CCOc1ccc(S(=O)(=O)N(CC(=O)Nc2cccc(C(=O)OC)c2C)c2ccccc2)cc1. The number of nitrogens with zero attached hydrogens (tertiary/aromatic N) is 1. The molecule has 3 aromatic rings. The fraction of sp³-hybridized carbons (Fsp3) is 0.200. The Labute approximate surface area is 199 Å². The molecule has 0 aromatic heterocycles. The fourth-order valence-corrected chi connectivity index (χ4v) is 4.75. The molecule has 178 valence electrons. The fourth-order valence-electron chi connectivity index (χ4n) is 3.33. The lowest BCUT2D eigenvalue weighted by Gasteiger charge is -2.24. The summed E-state index contributed by atoms with van der Waals surface area (Å²) in [5.74, 6) is -0.549. The van der Waals surface area contributed by atoms with Crippen molar-refractivity contribution in [1.82, 2.24) is 0 Å². The zero-order valence-corrected chi connectivity index (χ0v) is 20.0. The van der Waals surface area contributed by atoms with E-state index in [0.29, 0.717) is 34.9 Å². The molecule has 0 unspecified atom stereocenters. The van der Waals surface area contributed by atoms with Crippen LogP contribution in [-0.2, 0) is 19.6 Å². The molecule has 0 aliphatic rings. The van der Waals surface area contributed by atoms with E-state index in [4.69, 9.17) is 9.47 Å². The molecule has 1 amide bonds. The zero-order valence-electron chi connectivity index (χ0n) is 19.1. The lowest BCUT2D eigenvalue weighted by molar-refractivity contribution is -0.114. The predicted octanol–water partition coefficient (Wildman–Crippen LogP) is 4.01. The lowest BCUT2D eigenvalue weighted by Crippen LogP contribution is -2.38. The van der Waals surface area contributed by atoms with Gasteiger partial charge in [-0.1, -0.05) is 24.3 Å². The van der Waals surface area contributed by atoms with Gasteiger partial charge in [0.2, 0.25) is 5.91 Å². The van der Waals surface area contributed by atoms with Crippen molar-refractivity contribution in [3.05, 3.63) is 83.9 Å². The molecule has 1 N–H and O–H groups in total. The van der Waals surface area contributed by atoms with Gasteiger partial charge in [-0.2, -0.15) is 0 Å². The standard InChI is InChI=1S/C25H26N2O6S/c1-4-33-20-13-15-21(16-14-20)34(30,31)27(19-9-6-5-7-10-19)17-24(28)26-23-12-8-11-22(18(23)2)25(29)32-3/h5-16H,4,17H2,1-3H3,(H,26,28). The van der Waals surface area contributed by atoms with Crippen molar-refractivity contribution in [1.29, 1.82) is 0 Å². The van der Waals surface area contributed by atoms with Crippen molar-refractivity contribution >= 4 is 33.3 Å². The minimum atomic E-state index is -4.07. The number of benzene rings is 3. The molecule has 0 saturated heterocycles. The number of methoxy groups -OCH3 is 1. The van der Waals surface area contributed by atoms with Gasteiger partial charge in [0.1, 0.15) is 12.3 Å². The number of amides is 1. The van der Waals surface area contributed by atoms with Crippen molar-refractivity contribution in [3.63, 3.8) is 0 Å². The summed E-state index contributed by atoms with van der Waals surface area (Å²) in [6.45, 7) is 3.50. The smallest absolute Gasteiger partial charge is 0.338 e. The average Bonchev–Trinajstić information content (AvgIpc) is 2.84. The third kappa shape index (κ3) is 5.55. The first-order valence-electron chi connectivity index (χ1n) is 10.6. The van der Waals surface area contributed by atoms with Crippen molar-refractivity contribution in [2.45, 2.75) is 18.7 Å². The van der Waals surface area contributed by atoms with E-state index >= 15 is 0 Å². The van der Waals surface area contributed by atoms with Crippen molar-refractivity contribution in [2.75, 3.05) is 29.9 Å². The van der Waals surface area contributed by atoms with Crippen LogP contribution >= 0.6 is 0 Å². The Balaban J connectivity index is 1.91. The normalized spacial score (nSPS) is 10.9. The Morgan fingerprint density at radius 1 is 0.941 bits per heavy atom. The molecule has 0 atom stereocenters. The maximum Gasteiger partial charge on any atom is 0.338 e. The van der Waals surface area contributed by atoms with E-state index in [1.54, 1.807) is 67.6 Å². The van der Waals surface area contributed by atoms with E-state index in [1.165, 1.54) is 19.2 Å². The second-order valence-electron chi connectivity index (χ2n) is 7.27. The molecule has 9 heteroatoms. The Morgan fingerprint density at radius 2 is 1.62 bits per heavy atom. The number of ether oxygens (including phenoxy) is 2. The van der Waals surface area contributed by atoms with Gasteiger partial charge in [0.05, 0.1) is 29.9 Å². The summed E-state index contributed by atoms with van der Waals surface area (Å²) in [4.78, 5) is 24.9. The van der Waals surface area contributed by atoms with E-state index in [2.05, 4.69) is 5.32 Å². The molecular formula is C25H26N2O6S. The van der Waals surface area contributed by atoms with Gasteiger partial charge in [0.15, 0.2) is 0 Å². The number of anilines is 2. The van der Waals surface area contributed by atoms with E-state index in [9.17, 15) is 18.0 Å². The average molecular weight is 483 g/mol. The zero-order chi connectivity index (χ0) is 24.7. The molecule has 0 aliphatic carbocycles. The molecule has 34 heavy (non-hydrogen) atoms. The number of hydrogen-bond acceptors (Lipinski definition) is 6. The second-order valence-corrected chi connectivity index (χ2v) is 9.13. The second kappa shape index (κ2) is 10.8. The number of rotatable bonds is 9. The molecule has 0 spiro atoms. The summed E-state index contributed by atoms with van der Waals surface area (Å²) in [7, 11) is -2.79. The van der Waals surface area contributed by atoms with Gasteiger partial charge in [0, 0.05) is 5.69 Å². The highest BCUT2D eigenvalue weighted by Gasteiger charge is 2.27. The van der Waals surface area contributed by atoms with Gasteiger partial charge in [-0.25, -0.2) is 13.2 Å². The monoisotopic (exact) mass is 482 g/mol. The minimum Gasteiger partial charge on any atom is -0.494 e. The highest BCUT2D eigenvalue weighted by molar-refractivity contribution is 7.92. The van der Waals surface area contributed by atoms with Crippen LogP contribution in [0.2, 0.25) is 0 Å². The van der Waals surface area contributed by atoms with Crippen LogP contribution in [0.5, 0.6) is 5.75 Å². The quantitative estimate of drug-likeness (QED) is 0.462. The van der Waals surface area contributed by atoms with Gasteiger partial charge >= 0.3 is 5.97 Å². The largest absolute Gasteiger partial charge is 0.494 e. The number of hydrogen-bond donors (Lipinski definition) is 1. The Bertz CT molecular complexity index is 1260. The molecule has 8 nitrogen and oxygen atoms in total. The Kier molecular flexibility index (Phi) is 7.91. The number of esters is 1. The summed E-state index contributed by atoms with van der Waals surface area (Å²) < 4.78 is 38.2. The van der Waals surface area contributed by atoms with Gasteiger partial charge < -0.3 is 14.8 Å². The maximum atomic E-state index is 13.5. The summed E-state index contributed by atoms with van der Waals surface area (Å²) in [5, 5.41) is 2.71. The molecule has 0 heterocycles. The van der Waals surface area contributed by atoms with Crippen LogP contribution in [0.15, 0.2) is 77.7 Å². The van der Waals surface area contributed by atoms with Crippen molar-refractivity contribution in [3.8, 4) is 5.75 Å². The highest BCUT2D eigenvalue weighted by atomic mass is 32.2. The summed E-state index contributed by atoms with van der Waals surface area (Å²) in [6.07, 6.45) is 0. The van der Waals surface area contributed by atoms with Crippen molar-refractivity contribution in [2.24, 2.45) is 0 Å². The van der Waals surface area contributed by atoms with Gasteiger partial charge in [-0.15, -0.1) is 0 Å². The number of nitrogens with one attached hydrogen (secondary N) is 1. The number of carbonyl (C=O) groups is 2. The van der Waals surface area contributed by atoms with Crippen LogP contribution in [0.4, 0.5) is 11.4 Å². The van der Waals surface area contributed by atoms with E-state index in [-0.39, 0.29) is 4.90 Å². The predicted molar refractivity (Wildman–Crippen MR) is 130 cm³/mol. The van der Waals surface area contributed by atoms with Crippen LogP contribution < -0.4 is 14.4 Å². The van der Waals surface area contributed by atoms with Crippen LogP contribution in [0.3, 0.4) is 0 Å². The Hall–Kier alpha value is -3.85. The summed E-state index contributed by atoms with van der Waals surface area (Å²) >= 11 is 0. The number of carbonyl (C=O) groups excluding carboxylic acids is 2. The van der Waals surface area contributed by atoms with Crippen LogP contribution in [0.25, 0.3) is 0 Å². The van der Waals surface area contributed by atoms with E-state index in [1.807, 2.05) is 6.92 Å². The molecule has 0 aliphatic heterocycles. The van der Waals surface area contributed by atoms with Crippen LogP contribution in [0.1, 0.15) is 22.8 Å². The molecule has 0 saturated carbocycles. The molecule has 0 radical (unpaired) electrons. The van der Waals surface area contributed by atoms with Gasteiger partial charge in [-0.05, 0) is 67.9 Å². The summed E-state index contributed by atoms with van der Waals surface area (Å²) in [5.41, 5.74) is 1.55. The first-order chi connectivity index (χ1) is 16.3. The van der Waals surface area contributed by atoms with Crippen molar-refractivity contribution < 1.29 is 27.5 Å². The lowest BCUT2D eigenvalue weighted by atomic mass is 10.1. The topological polar surface area (TPSA) is 102 Å². The van der Waals surface area contributed by atoms with Gasteiger partial charge in [-0.3, -0.25) is 9.10 Å². The molecular weight excluding hydrogens is 456 g/mol. The molecule has 0 bridgehead atoms. The summed E-state index contributed by atoms with van der Waals surface area (Å²) in [6, 6.07) is 19.2. The Morgan fingerprint density at radius 3 is 2.24 bits per heavy atom. The highest BCUT2D eigenvalue weighted by Crippen LogP contribution is 2.26. The van der Waals surface area contributed by atoms with E-state index < -0.39 is 28.4 Å². The van der Waals surface area contributed by atoms with Gasteiger partial charge in [0.25, 0.3) is 10.0 Å². The molecule has 3 aromatic carbocycles. The minimum absolute atomic E-state index is 0.0245. The van der Waals surface area contributed by atoms with Crippen LogP contribution in [0, 0.1) is 6.92 Å². The van der Waals surface area contributed by atoms with Crippen LogP contribution in [-0.4, -0.2) is 40.6 Å². The molecule has 0 fully saturated rings. The first kappa shape index (κ1) is 24.8. The number of sulfonamides is 1. The third-order valence-electron chi connectivity index (χ3n) is 5.07. The van der Waals surface area contributed by atoms with E-state index in [0.717, 1.165) is 4.31 Å². The maximum absolute atomic E-state index is 13.5. The first-order valence-corrected chi connectivity index (χ1v) is 12.0. The number of para-hydroxylation sites is 1.